The fourth-order valence-corrected chi connectivity index (χ4v) is 3.29. The summed E-state index contributed by atoms with van der Waals surface area (Å²) in [6.07, 6.45) is 2.46. The van der Waals surface area contributed by atoms with E-state index in [-0.39, 0.29) is 10.6 Å². The number of non-ortho nitro benzene ring substituents is 1. The lowest BCUT2D eigenvalue weighted by atomic mass is 9.84. The van der Waals surface area contributed by atoms with E-state index in [1.54, 1.807) is 19.2 Å². The molecule has 0 saturated carbocycles. The van der Waals surface area contributed by atoms with Crippen LogP contribution < -0.4 is 10.6 Å². The zero-order valence-electron chi connectivity index (χ0n) is 11.6. The van der Waals surface area contributed by atoms with Crippen molar-refractivity contribution < 1.29 is 4.92 Å². The fraction of sp³-hybridized carbons (Fsp3) is 0.571. The molecular formula is C14H20N4O2. The second-order valence-corrected chi connectivity index (χ2v) is 5.66. The van der Waals surface area contributed by atoms with Crippen LogP contribution >= 0.6 is 0 Å². The first-order chi connectivity index (χ1) is 9.65. The Morgan fingerprint density at radius 2 is 1.95 bits per heavy atom. The first kappa shape index (κ1) is 13.2. The summed E-state index contributed by atoms with van der Waals surface area (Å²) in [5.74, 6) is 0.692. The van der Waals surface area contributed by atoms with Crippen LogP contribution in [0.3, 0.4) is 0 Å². The van der Waals surface area contributed by atoms with E-state index in [1.807, 2.05) is 6.07 Å². The smallest absolute Gasteiger partial charge is 0.273 e. The van der Waals surface area contributed by atoms with Crippen LogP contribution in [0.1, 0.15) is 12.8 Å². The van der Waals surface area contributed by atoms with Crippen molar-refractivity contribution in [2.75, 3.05) is 37.3 Å². The third kappa shape index (κ3) is 2.56. The lowest BCUT2D eigenvalue weighted by Crippen LogP contribution is -2.53. The predicted molar refractivity (Wildman–Crippen MR) is 79.2 cm³/mol. The molecule has 3 aliphatic rings. The maximum atomic E-state index is 11.0. The second-order valence-electron chi connectivity index (χ2n) is 5.66. The third-order valence-corrected chi connectivity index (χ3v) is 4.43. The molecule has 6 heteroatoms. The minimum atomic E-state index is -0.345. The van der Waals surface area contributed by atoms with Gasteiger partial charge >= 0.3 is 0 Å². The fourth-order valence-electron chi connectivity index (χ4n) is 3.29. The summed E-state index contributed by atoms with van der Waals surface area (Å²) >= 11 is 0. The molecule has 3 aliphatic heterocycles. The molecular weight excluding hydrogens is 256 g/mol. The van der Waals surface area contributed by atoms with E-state index in [2.05, 4.69) is 15.5 Å². The number of nitro groups is 1. The van der Waals surface area contributed by atoms with Gasteiger partial charge in [-0.25, -0.2) is 0 Å². The van der Waals surface area contributed by atoms with Gasteiger partial charge in [0.1, 0.15) is 0 Å². The van der Waals surface area contributed by atoms with E-state index < -0.39 is 0 Å². The minimum absolute atomic E-state index is 0.126. The van der Waals surface area contributed by atoms with Gasteiger partial charge in [-0.2, -0.15) is 0 Å². The molecule has 0 aromatic heterocycles. The maximum absolute atomic E-state index is 11.0. The zero-order chi connectivity index (χ0) is 14.1. The van der Waals surface area contributed by atoms with E-state index in [0.29, 0.717) is 12.0 Å². The number of hydrogen-bond donors (Lipinski definition) is 2. The Hall–Kier alpha value is -1.82. The number of nitrogens with one attached hydrogen (secondary N) is 2. The SMILES string of the molecule is CNc1cc(NC2CN3CCC2CC3)cc([N+](=O)[O-])c1. The topological polar surface area (TPSA) is 70.4 Å². The Kier molecular flexibility index (Phi) is 3.48. The molecule has 3 heterocycles. The molecule has 0 amide bonds. The van der Waals surface area contributed by atoms with Gasteiger partial charge < -0.3 is 15.5 Å². The standard InChI is InChI=1S/C14H20N4O2/c1-15-11-6-12(8-13(7-11)18(19)20)16-14-9-17-4-2-10(14)3-5-17/h6-8,10,14-16H,2-5,9H2,1H3. The minimum Gasteiger partial charge on any atom is -0.388 e. The lowest BCUT2D eigenvalue weighted by Gasteiger charge is -2.45. The molecule has 108 valence electrons. The van der Waals surface area contributed by atoms with Gasteiger partial charge in [0.2, 0.25) is 0 Å². The zero-order valence-corrected chi connectivity index (χ0v) is 11.6. The van der Waals surface area contributed by atoms with E-state index >= 15 is 0 Å². The van der Waals surface area contributed by atoms with Crippen LogP contribution in [0, 0.1) is 16.0 Å². The highest BCUT2D eigenvalue weighted by Crippen LogP contribution is 2.31. The van der Waals surface area contributed by atoms with Gasteiger partial charge in [-0.15, -0.1) is 0 Å². The number of piperidine rings is 3. The summed E-state index contributed by atoms with van der Waals surface area (Å²) < 4.78 is 0. The lowest BCUT2D eigenvalue weighted by molar-refractivity contribution is -0.384. The van der Waals surface area contributed by atoms with Crippen LogP contribution in [0.2, 0.25) is 0 Å². The molecule has 0 radical (unpaired) electrons. The Bertz CT molecular complexity index is 512. The third-order valence-electron chi connectivity index (χ3n) is 4.43. The van der Waals surface area contributed by atoms with E-state index in [9.17, 15) is 10.1 Å². The van der Waals surface area contributed by atoms with Crippen molar-refractivity contribution >= 4 is 17.1 Å². The molecule has 6 nitrogen and oxygen atoms in total. The van der Waals surface area contributed by atoms with Crippen LogP contribution in [-0.4, -0.2) is 42.5 Å². The van der Waals surface area contributed by atoms with Crippen molar-refractivity contribution in [3.63, 3.8) is 0 Å². The monoisotopic (exact) mass is 276 g/mol. The summed E-state index contributed by atoms with van der Waals surface area (Å²) in [7, 11) is 1.77. The molecule has 4 rings (SSSR count). The highest BCUT2D eigenvalue weighted by molar-refractivity contribution is 5.63. The predicted octanol–water partition coefficient (Wildman–Crippen LogP) is 2.14. The van der Waals surface area contributed by atoms with Crippen LogP contribution in [0.5, 0.6) is 0 Å². The Morgan fingerprint density at radius 3 is 2.50 bits per heavy atom. The molecule has 1 atom stereocenters. The van der Waals surface area contributed by atoms with Crippen molar-refractivity contribution in [2.45, 2.75) is 18.9 Å². The van der Waals surface area contributed by atoms with Gasteiger partial charge in [-0.3, -0.25) is 10.1 Å². The normalized spacial score (nSPS) is 28.1. The van der Waals surface area contributed by atoms with Gasteiger partial charge in [-0.1, -0.05) is 0 Å². The number of benzene rings is 1. The van der Waals surface area contributed by atoms with Gasteiger partial charge in [0.25, 0.3) is 5.69 Å². The molecule has 0 aliphatic carbocycles. The summed E-state index contributed by atoms with van der Waals surface area (Å²) in [5.41, 5.74) is 1.73. The number of anilines is 2. The van der Waals surface area contributed by atoms with Crippen molar-refractivity contribution in [3.05, 3.63) is 28.3 Å². The Labute approximate surface area is 118 Å². The Morgan fingerprint density at radius 1 is 1.25 bits per heavy atom. The molecule has 3 fully saturated rings. The first-order valence-corrected chi connectivity index (χ1v) is 7.12. The van der Waals surface area contributed by atoms with Gasteiger partial charge in [0.15, 0.2) is 0 Å². The van der Waals surface area contributed by atoms with E-state index in [4.69, 9.17) is 0 Å². The first-order valence-electron chi connectivity index (χ1n) is 7.12. The quantitative estimate of drug-likeness (QED) is 0.651. The molecule has 2 bridgehead atoms. The molecule has 2 N–H and O–H groups in total. The molecule has 0 spiro atoms. The average molecular weight is 276 g/mol. The van der Waals surface area contributed by atoms with Gasteiger partial charge in [0, 0.05) is 43.1 Å². The molecule has 1 unspecified atom stereocenters. The maximum Gasteiger partial charge on any atom is 0.273 e. The van der Waals surface area contributed by atoms with Crippen LogP contribution in [0.25, 0.3) is 0 Å². The molecule has 1 aromatic rings. The molecule has 3 saturated heterocycles. The van der Waals surface area contributed by atoms with Gasteiger partial charge in [-0.05, 0) is 37.9 Å². The number of nitrogens with zero attached hydrogens (tertiary/aromatic N) is 2. The molecule has 1 aromatic carbocycles. The number of rotatable bonds is 4. The van der Waals surface area contributed by atoms with Crippen molar-refractivity contribution in [3.8, 4) is 0 Å². The van der Waals surface area contributed by atoms with Crippen molar-refractivity contribution in [1.29, 1.82) is 0 Å². The average Bonchev–Trinajstić information content (AvgIpc) is 2.48. The summed E-state index contributed by atoms with van der Waals surface area (Å²) in [5, 5.41) is 17.5. The van der Waals surface area contributed by atoms with E-state index in [1.165, 1.54) is 25.9 Å². The van der Waals surface area contributed by atoms with Gasteiger partial charge in [0.05, 0.1) is 4.92 Å². The van der Waals surface area contributed by atoms with Crippen molar-refractivity contribution in [1.82, 2.24) is 4.90 Å². The summed E-state index contributed by atoms with van der Waals surface area (Å²) in [6, 6.07) is 5.52. The summed E-state index contributed by atoms with van der Waals surface area (Å²) in [6.45, 7) is 3.43. The van der Waals surface area contributed by atoms with Crippen LogP contribution in [-0.2, 0) is 0 Å². The van der Waals surface area contributed by atoms with E-state index in [0.717, 1.165) is 17.9 Å². The largest absolute Gasteiger partial charge is 0.388 e. The molecule has 20 heavy (non-hydrogen) atoms. The highest BCUT2D eigenvalue weighted by Gasteiger charge is 2.34. The number of hydrogen-bond acceptors (Lipinski definition) is 5. The number of nitro benzene ring substituents is 1. The second kappa shape index (κ2) is 5.28. The number of fused-ring (bicyclic) bond motifs is 3. The van der Waals surface area contributed by atoms with Crippen LogP contribution in [0.4, 0.5) is 17.1 Å². The van der Waals surface area contributed by atoms with Crippen LogP contribution in [0.15, 0.2) is 18.2 Å². The summed E-state index contributed by atoms with van der Waals surface area (Å²) in [4.78, 5) is 13.1. The Balaban J connectivity index is 1.79. The van der Waals surface area contributed by atoms with Crippen molar-refractivity contribution in [2.24, 2.45) is 5.92 Å². The highest BCUT2D eigenvalue weighted by atomic mass is 16.6.